The van der Waals surface area contributed by atoms with Gasteiger partial charge in [0.2, 0.25) is 0 Å². The minimum absolute atomic E-state index is 0.277. The van der Waals surface area contributed by atoms with Gasteiger partial charge < -0.3 is 15.4 Å². The molecular formula is C17H14N2O2S. The third kappa shape index (κ3) is 2.58. The Bertz CT molecular complexity index is 866. The van der Waals surface area contributed by atoms with Crippen molar-refractivity contribution in [1.29, 1.82) is 0 Å². The highest BCUT2D eigenvalue weighted by Gasteiger charge is 2.14. The van der Waals surface area contributed by atoms with Gasteiger partial charge >= 0.3 is 5.97 Å². The molecule has 3 N–H and O–H groups in total. The lowest BCUT2D eigenvalue weighted by atomic mass is 10.1. The molecule has 2 aromatic carbocycles. The van der Waals surface area contributed by atoms with Crippen LogP contribution in [0.15, 0.2) is 54.6 Å². The van der Waals surface area contributed by atoms with E-state index in [4.69, 9.17) is 18.0 Å². The van der Waals surface area contributed by atoms with E-state index in [0.717, 1.165) is 22.0 Å². The molecule has 0 atom stereocenters. The molecule has 3 rings (SSSR count). The number of para-hydroxylation sites is 1. The number of rotatable bonds is 4. The Balaban J connectivity index is 2.04. The number of aromatic nitrogens is 1. The molecule has 4 nitrogen and oxygen atoms in total. The molecule has 0 spiro atoms. The molecule has 1 heterocycles. The summed E-state index contributed by atoms with van der Waals surface area (Å²) >= 11 is 4.93. The van der Waals surface area contributed by atoms with Gasteiger partial charge in [-0.3, -0.25) is 0 Å². The summed E-state index contributed by atoms with van der Waals surface area (Å²) in [4.78, 5) is 11.8. The van der Waals surface area contributed by atoms with Crippen LogP contribution in [0, 0.1) is 0 Å². The molecule has 0 fully saturated rings. The summed E-state index contributed by atoms with van der Waals surface area (Å²) < 4.78 is 1.80. The monoisotopic (exact) mass is 310 g/mol. The summed E-state index contributed by atoms with van der Waals surface area (Å²) in [7, 11) is 0. The second-order valence-electron chi connectivity index (χ2n) is 5.04. The predicted octanol–water partition coefficient (Wildman–Crippen LogP) is 3.02. The maximum atomic E-state index is 11.5. The van der Waals surface area contributed by atoms with Crippen LogP contribution in [-0.2, 0) is 6.54 Å². The summed E-state index contributed by atoms with van der Waals surface area (Å²) in [5, 5.41) is 10.3. The third-order valence-electron chi connectivity index (χ3n) is 3.61. The van der Waals surface area contributed by atoms with Crippen LogP contribution in [0.1, 0.15) is 21.6 Å². The predicted molar refractivity (Wildman–Crippen MR) is 90.3 cm³/mol. The standard InChI is InChI=1S/C17H14N2O2S/c18-16(22)12-7-5-11(6-8-12)10-19-14-4-2-1-3-13(14)9-15(19)17(20)21/h1-9H,10H2,(H2,18,22)(H,20,21). The summed E-state index contributed by atoms with van der Waals surface area (Å²) in [5.41, 5.74) is 8.56. The van der Waals surface area contributed by atoms with Gasteiger partial charge in [-0.15, -0.1) is 0 Å². The summed E-state index contributed by atoms with van der Waals surface area (Å²) in [6, 6.07) is 16.9. The molecule has 0 bridgehead atoms. The Kier molecular flexibility index (Phi) is 3.65. The third-order valence-corrected chi connectivity index (χ3v) is 3.84. The van der Waals surface area contributed by atoms with Gasteiger partial charge in [0, 0.05) is 23.0 Å². The maximum Gasteiger partial charge on any atom is 0.352 e. The molecule has 0 amide bonds. The van der Waals surface area contributed by atoms with Crippen molar-refractivity contribution in [2.75, 3.05) is 0 Å². The lowest BCUT2D eigenvalue weighted by Gasteiger charge is -2.09. The number of aromatic carboxylic acids is 1. The minimum Gasteiger partial charge on any atom is -0.477 e. The van der Waals surface area contributed by atoms with Crippen LogP contribution >= 0.6 is 12.2 Å². The lowest BCUT2D eigenvalue weighted by Crippen LogP contribution is -2.11. The number of hydrogen-bond acceptors (Lipinski definition) is 2. The highest BCUT2D eigenvalue weighted by molar-refractivity contribution is 7.80. The molecule has 0 saturated carbocycles. The Hall–Kier alpha value is -2.66. The summed E-state index contributed by atoms with van der Waals surface area (Å²) in [6.45, 7) is 0.479. The van der Waals surface area contributed by atoms with E-state index in [1.807, 2.05) is 48.5 Å². The first-order valence-electron chi connectivity index (χ1n) is 6.76. The van der Waals surface area contributed by atoms with E-state index in [1.54, 1.807) is 10.6 Å². The number of nitrogens with two attached hydrogens (primary N) is 1. The molecule has 0 saturated heterocycles. The van der Waals surface area contributed by atoms with E-state index in [2.05, 4.69) is 0 Å². The number of carboxylic acid groups (broad SMARTS) is 1. The zero-order chi connectivity index (χ0) is 15.7. The van der Waals surface area contributed by atoms with Crippen molar-refractivity contribution >= 4 is 34.1 Å². The first-order valence-corrected chi connectivity index (χ1v) is 7.17. The van der Waals surface area contributed by atoms with Crippen LogP contribution in [0.4, 0.5) is 0 Å². The molecule has 3 aromatic rings. The number of benzene rings is 2. The number of hydrogen-bond donors (Lipinski definition) is 2. The Morgan fingerprint density at radius 3 is 2.45 bits per heavy atom. The van der Waals surface area contributed by atoms with Crippen molar-refractivity contribution in [3.63, 3.8) is 0 Å². The van der Waals surface area contributed by atoms with Crippen molar-refractivity contribution in [2.24, 2.45) is 5.73 Å². The van der Waals surface area contributed by atoms with Crippen LogP contribution < -0.4 is 5.73 Å². The smallest absolute Gasteiger partial charge is 0.352 e. The van der Waals surface area contributed by atoms with E-state index in [1.165, 1.54) is 0 Å². The first kappa shape index (κ1) is 14.3. The van der Waals surface area contributed by atoms with E-state index < -0.39 is 5.97 Å². The van der Waals surface area contributed by atoms with Crippen LogP contribution in [0.25, 0.3) is 10.9 Å². The van der Waals surface area contributed by atoms with Gasteiger partial charge in [0.15, 0.2) is 0 Å². The highest BCUT2D eigenvalue weighted by Crippen LogP contribution is 2.21. The largest absolute Gasteiger partial charge is 0.477 e. The van der Waals surface area contributed by atoms with Crippen LogP contribution in [0.5, 0.6) is 0 Å². The number of carbonyl (C=O) groups is 1. The summed E-state index contributed by atoms with van der Waals surface area (Å²) in [6.07, 6.45) is 0. The van der Waals surface area contributed by atoms with E-state index in [9.17, 15) is 9.90 Å². The maximum absolute atomic E-state index is 11.5. The van der Waals surface area contributed by atoms with Gasteiger partial charge in [-0.2, -0.15) is 0 Å². The molecule has 0 unspecified atom stereocenters. The number of fused-ring (bicyclic) bond motifs is 1. The molecule has 0 aliphatic carbocycles. The van der Waals surface area contributed by atoms with Crippen LogP contribution in [-0.4, -0.2) is 20.6 Å². The van der Waals surface area contributed by atoms with Gasteiger partial charge in [0.25, 0.3) is 0 Å². The molecule has 0 radical (unpaired) electrons. The Morgan fingerprint density at radius 1 is 1.14 bits per heavy atom. The zero-order valence-corrected chi connectivity index (χ0v) is 12.5. The van der Waals surface area contributed by atoms with Crippen molar-refractivity contribution in [3.05, 3.63) is 71.4 Å². The highest BCUT2D eigenvalue weighted by atomic mass is 32.1. The van der Waals surface area contributed by atoms with Gasteiger partial charge in [-0.25, -0.2) is 4.79 Å². The molecule has 0 aliphatic rings. The average molecular weight is 310 g/mol. The van der Waals surface area contributed by atoms with Crippen LogP contribution in [0.2, 0.25) is 0 Å². The Morgan fingerprint density at radius 2 is 1.82 bits per heavy atom. The zero-order valence-electron chi connectivity index (χ0n) is 11.7. The normalized spacial score (nSPS) is 10.7. The van der Waals surface area contributed by atoms with Crippen molar-refractivity contribution in [2.45, 2.75) is 6.54 Å². The second-order valence-corrected chi connectivity index (χ2v) is 5.48. The fraction of sp³-hybridized carbons (Fsp3) is 0.0588. The van der Waals surface area contributed by atoms with Crippen molar-refractivity contribution in [1.82, 2.24) is 4.57 Å². The van der Waals surface area contributed by atoms with Gasteiger partial charge in [0.1, 0.15) is 10.7 Å². The SMILES string of the molecule is NC(=S)c1ccc(Cn2c(C(=O)O)cc3ccccc32)cc1. The molecule has 0 aliphatic heterocycles. The number of nitrogens with zero attached hydrogens (tertiary/aromatic N) is 1. The van der Waals surface area contributed by atoms with Crippen molar-refractivity contribution < 1.29 is 9.90 Å². The van der Waals surface area contributed by atoms with Crippen molar-refractivity contribution in [3.8, 4) is 0 Å². The first-order chi connectivity index (χ1) is 10.6. The molecule has 22 heavy (non-hydrogen) atoms. The molecule has 5 heteroatoms. The van der Waals surface area contributed by atoms with E-state index in [0.29, 0.717) is 11.5 Å². The average Bonchev–Trinajstić information content (AvgIpc) is 2.87. The molecule has 1 aromatic heterocycles. The van der Waals surface area contributed by atoms with Gasteiger partial charge in [0.05, 0.1) is 0 Å². The summed E-state index contributed by atoms with van der Waals surface area (Å²) in [5.74, 6) is -0.934. The van der Waals surface area contributed by atoms with Crippen LogP contribution in [0.3, 0.4) is 0 Å². The van der Waals surface area contributed by atoms with E-state index >= 15 is 0 Å². The molecule has 110 valence electrons. The van der Waals surface area contributed by atoms with E-state index in [-0.39, 0.29) is 5.69 Å². The lowest BCUT2D eigenvalue weighted by molar-refractivity contribution is 0.0686. The minimum atomic E-state index is -0.934. The van der Waals surface area contributed by atoms with Gasteiger partial charge in [-0.1, -0.05) is 54.7 Å². The topological polar surface area (TPSA) is 68.2 Å². The molecular weight excluding hydrogens is 296 g/mol. The number of carboxylic acids is 1. The quantitative estimate of drug-likeness (QED) is 0.727. The number of thiocarbonyl (C=S) groups is 1. The fourth-order valence-electron chi connectivity index (χ4n) is 2.51. The fourth-order valence-corrected chi connectivity index (χ4v) is 2.65. The Labute approximate surface area is 132 Å². The second kappa shape index (κ2) is 5.61. The van der Waals surface area contributed by atoms with Gasteiger partial charge in [-0.05, 0) is 17.7 Å².